The highest BCUT2D eigenvalue weighted by Gasteiger charge is 2.43. The monoisotopic (exact) mass is 1510 g/mol. The molecule has 6 aromatic rings. The Morgan fingerprint density at radius 2 is 1.02 bits per heavy atom. The van der Waals surface area contributed by atoms with E-state index in [1.54, 1.807) is 67.6 Å². The summed E-state index contributed by atoms with van der Waals surface area (Å²) in [6, 6.07) is 23.3. The molecule has 30 heteroatoms. The second-order valence-electron chi connectivity index (χ2n) is 27.7. The number of aryl methyl sites for hydroxylation is 2. The summed E-state index contributed by atoms with van der Waals surface area (Å²) in [5.41, 5.74) is 0.840. The zero-order valence-electron chi connectivity index (χ0n) is 61.9. The van der Waals surface area contributed by atoms with Gasteiger partial charge in [0.1, 0.15) is 42.9 Å². The molecule has 3 aromatic carbocycles. The van der Waals surface area contributed by atoms with Crippen molar-refractivity contribution in [2.75, 3.05) is 76.6 Å². The molecule has 0 bridgehead atoms. The van der Waals surface area contributed by atoms with Crippen LogP contribution in [0.2, 0.25) is 0 Å². The van der Waals surface area contributed by atoms with E-state index < -0.39 is 112 Å². The Balaban J connectivity index is 0.817. The third-order valence-corrected chi connectivity index (χ3v) is 23.2. The first-order valence-electron chi connectivity index (χ1n) is 37.2. The number of H-pyrrole nitrogens is 1. The third-order valence-electron chi connectivity index (χ3n) is 19.2. The van der Waals surface area contributed by atoms with E-state index in [1.807, 2.05) is 26.0 Å². The number of hydrogen-bond donors (Lipinski definition) is 3. The van der Waals surface area contributed by atoms with E-state index in [9.17, 15) is 42.9 Å². The lowest BCUT2D eigenvalue weighted by Gasteiger charge is -2.42. The molecule has 2 amide bonds. The highest BCUT2D eigenvalue weighted by Crippen LogP contribution is 2.52. The SMILES string of the molecule is CCCCCCCCCCCCCCCCCCOc1cc(COC(=O)CCC(=O)OC[C@@H]2CN(P(C)(=O)OC[C@@H]3CN(P(C)(=O)OC[C@@H]4CCC[C@H](n5cc(C)c(=O)[nH]c5=O)O4)C[C@H](n4ccc(NC(=O)c5ccccc5)nc4=O)O3)C[C@H](n3ccc(NC(=O)c4ccccc4)nc3=O)O2)cc(C)c1C. The van der Waals surface area contributed by atoms with Crippen molar-refractivity contribution in [3.8, 4) is 5.75 Å². The maximum Gasteiger partial charge on any atom is 0.351 e. The topological polar surface area (TPSA) is 331 Å². The van der Waals surface area contributed by atoms with E-state index in [-0.39, 0.29) is 63.9 Å². The summed E-state index contributed by atoms with van der Waals surface area (Å²) in [4.78, 5) is 116. The minimum Gasteiger partial charge on any atom is -0.493 e. The molecular weight excluding hydrogens is 1400 g/mol. The molecule has 3 N–H and O–H groups in total. The van der Waals surface area contributed by atoms with Gasteiger partial charge in [-0.2, -0.15) is 9.97 Å². The van der Waals surface area contributed by atoms with Crippen LogP contribution in [0, 0.1) is 20.8 Å². The maximum atomic E-state index is 15.2. The zero-order valence-corrected chi connectivity index (χ0v) is 63.7. The second-order valence-corrected chi connectivity index (χ2v) is 32.5. The van der Waals surface area contributed by atoms with Gasteiger partial charge >= 0.3 is 29.0 Å². The van der Waals surface area contributed by atoms with Crippen LogP contribution in [0.4, 0.5) is 11.6 Å². The van der Waals surface area contributed by atoms with Gasteiger partial charge in [0.2, 0.25) is 0 Å². The van der Waals surface area contributed by atoms with Crippen LogP contribution in [0.3, 0.4) is 0 Å². The standard InChI is InChI=1S/C76H104N10O18P2/c1-7-8-9-10-11-12-13-14-15-16-17-18-19-20-21-28-42-97-63-44-57(43-54(2)56(63)4)50-98-69(87)36-37-70(88)99-51-61-46-82(48-67(103-61)84-40-38-64(79-74(84)92)77-72(90)58-30-24-22-25-31-58)106(6,96)101-53-62-47-83(49-68(104-62)85-41-39-65(80-75(85)93)78-73(91)59-32-26-23-27-33-59)105(5,95)100-52-60-34-29-35-66(102-60)86-45-55(3)71(89)81-76(86)94/h22-27,30-33,38-41,43-45,60-62,66-68H,7-21,28-29,34-37,42,46-53H2,1-6H3,(H,81,89,94)(H,77,79,90,92)(H,78,80,91,93)/t60-,61-,62-,66+,67+,68+,105?,106?/m0/s1. The van der Waals surface area contributed by atoms with Crippen molar-refractivity contribution in [1.82, 2.24) is 38.0 Å². The van der Waals surface area contributed by atoms with Crippen molar-refractivity contribution in [2.24, 2.45) is 0 Å². The number of carbonyl (C=O) groups excluding carboxylic acids is 4. The van der Waals surface area contributed by atoms with Gasteiger partial charge < -0.3 is 48.1 Å². The Hall–Kier alpha value is -8.04. The summed E-state index contributed by atoms with van der Waals surface area (Å²) < 4.78 is 85.9. The van der Waals surface area contributed by atoms with Gasteiger partial charge in [0.05, 0.1) is 58.0 Å². The van der Waals surface area contributed by atoms with Gasteiger partial charge in [-0.25, -0.2) is 23.7 Å². The second kappa shape index (κ2) is 40.8. The molecule has 9 rings (SSSR count). The Bertz CT molecular complexity index is 4230. The molecule has 8 atom stereocenters. The minimum atomic E-state index is -4.05. The van der Waals surface area contributed by atoms with Gasteiger partial charge in [-0.15, -0.1) is 0 Å². The molecular formula is C76H104N10O18P2. The Kier molecular flexibility index (Phi) is 31.6. The highest BCUT2D eigenvalue weighted by atomic mass is 31.2. The summed E-state index contributed by atoms with van der Waals surface area (Å²) in [7, 11) is -7.93. The number of nitrogens with zero attached hydrogens (tertiary/aromatic N) is 7. The van der Waals surface area contributed by atoms with Gasteiger partial charge in [0, 0.05) is 61.7 Å². The zero-order chi connectivity index (χ0) is 75.6. The first kappa shape index (κ1) is 82.0. The Labute approximate surface area is 618 Å². The number of aromatic amines is 1. The lowest BCUT2D eigenvalue weighted by Crippen LogP contribution is -2.49. The molecule has 3 saturated heterocycles. The summed E-state index contributed by atoms with van der Waals surface area (Å²) in [5.74, 6) is -1.80. The molecule has 576 valence electrons. The van der Waals surface area contributed by atoms with Crippen molar-refractivity contribution < 1.29 is 65.8 Å². The molecule has 3 aliphatic heterocycles. The lowest BCUT2D eigenvalue weighted by molar-refractivity contribution is -0.161. The number of hydrogen-bond acceptors (Lipinski definition) is 20. The van der Waals surface area contributed by atoms with Crippen LogP contribution in [0.15, 0.2) is 123 Å². The summed E-state index contributed by atoms with van der Waals surface area (Å²) in [5, 5.41) is 5.24. The quantitative estimate of drug-likeness (QED) is 0.0183. The number of benzene rings is 3. The molecule has 0 spiro atoms. The number of carbonyl (C=O) groups is 4. The van der Waals surface area contributed by atoms with Gasteiger partial charge in [-0.3, -0.25) is 51.8 Å². The van der Waals surface area contributed by atoms with Crippen LogP contribution >= 0.6 is 15.0 Å². The molecule has 3 fully saturated rings. The average Bonchev–Trinajstić information content (AvgIpc) is 0.796. The number of nitrogens with one attached hydrogen (secondary N) is 3. The van der Waals surface area contributed by atoms with Crippen molar-refractivity contribution in [2.45, 2.75) is 206 Å². The average molecular weight is 1510 g/mol. The maximum absolute atomic E-state index is 15.2. The van der Waals surface area contributed by atoms with Crippen LogP contribution in [-0.2, 0) is 58.1 Å². The predicted molar refractivity (Wildman–Crippen MR) is 400 cm³/mol. The first-order valence-corrected chi connectivity index (χ1v) is 41.3. The van der Waals surface area contributed by atoms with Crippen molar-refractivity contribution in [3.05, 3.63) is 179 Å². The van der Waals surface area contributed by atoms with E-state index in [4.69, 9.17) is 37.5 Å². The Morgan fingerprint density at radius 3 is 1.53 bits per heavy atom. The molecule has 0 aliphatic carbocycles. The molecule has 6 heterocycles. The first-order chi connectivity index (χ1) is 51.0. The van der Waals surface area contributed by atoms with Crippen LogP contribution in [0.5, 0.6) is 5.75 Å². The molecule has 0 radical (unpaired) electrons. The van der Waals surface area contributed by atoms with E-state index in [2.05, 4.69) is 32.5 Å². The number of anilines is 2. The van der Waals surface area contributed by atoms with E-state index in [0.29, 0.717) is 42.6 Å². The fraction of sp³-hybridized carbons (Fsp3) is 0.553. The van der Waals surface area contributed by atoms with E-state index in [1.165, 1.54) is 148 Å². The fourth-order valence-corrected chi connectivity index (χ4v) is 16.0. The molecule has 106 heavy (non-hydrogen) atoms. The lowest BCUT2D eigenvalue weighted by atomic mass is 10.0. The van der Waals surface area contributed by atoms with Crippen LogP contribution < -0.4 is 38.0 Å². The Morgan fingerprint density at radius 1 is 0.547 bits per heavy atom. The number of rotatable bonds is 40. The number of esters is 2. The van der Waals surface area contributed by atoms with E-state index in [0.717, 1.165) is 44.4 Å². The smallest absolute Gasteiger partial charge is 0.351 e. The molecule has 2 unspecified atom stereocenters. The van der Waals surface area contributed by atoms with Crippen LogP contribution in [0.25, 0.3) is 0 Å². The number of ether oxygens (including phenoxy) is 6. The van der Waals surface area contributed by atoms with Gasteiger partial charge in [0.25, 0.3) is 32.4 Å². The van der Waals surface area contributed by atoms with Gasteiger partial charge in [-0.05, 0) is 106 Å². The highest BCUT2D eigenvalue weighted by molar-refractivity contribution is 7.56. The summed E-state index contributed by atoms with van der Waals surface area (Å²) >= 11 is 0. The number of aromatic nitrogens is 6. The number of unbranched alkanes of at least 4 members (excludes halogenated alkanes) is 15. The molecule has 3 aliphatic rings. The van der Waals surface area contributed by atoms with Gasteiger partial charge in [0.15, 0.2) is 12.5 Å². The van der Waals surface area contributed by atoms with E-state index >= 15 is 4.57 Å². The van der Waals surface area contributed by atoms with Crippen molar-refractivity contribution in [1.29, 1.82) is 0 Å². The fourth-order valence-electron chi connectivity index (χ4n) is 12.9. The molecule has 28 nitrogen and oxygen atoms in total. The van der Waals surface area contributed by atoms with Crippen molar-refractivity contribution >= 4 is 50.4 Å². The third kappa shape index (κ3) is 25.0. The number of morpholine rings is 2. The normalized spacial score (nSPS) is 19.7. The summed E-state index contributed by atoms with van der Waals surface area (Å²) in [6.45, 7) is 9.25. The molecule has 0 saturated carbocycles. The minimum absolute atomic E-state index is 0.0430. The van der Waals surface area contributed by atoms with Gasteiger partial charge in [-0.1, -0.05) is 146 Å². The largest absolute Gasteiger partial charge is 0.493 e. The van der Waals surface area contributed by atoms with Crippen LogP contribution in [-0.4, -0.2) is 146 Å². The van der Waals surface area contributed by atoms with Crippen molar-refractivity contribution in [3.63, 3.8) is 0 Å². The molecule has 3 aromatic heterocycles. The van der Waals surface area contributed by atoms with Crippen LogP contribution in [0.1, 0.15) is 203 Å². The predicted octanol–water partition coefficient (Wildman–Crippen LogP) is 12.3. The summed E-state index contributed by atoms with van der Waals surface area (Å²) in [6.07, 6.45) is 19.6. The number of amides is 2.